The van der Waals surface area contributed by atoms with Crippen molar-refractivity contribution in [3.05, 3.63) is 93.4 Å². The zero-order valence-electron chi connectivity index (χ0n) is 20.1. The molecular weight excluding hydrogens is 474 g/mol. The Morgan fingerprint density at radius 1 is 1.00 bits per heavy atom. The Morgan fingerprint density at radius 3 is 2.43 bits per heavy atom. The molecule has 0 radical (unpaired) electrons. The predicted molar refractivity (Wildman–Crippen MR) is 146 cm³/mol. The molecule has 0 aromatic heterocycles. The molecule has 0 saturated carbocycles. The van der Waals surface area contributed by atoms with Crippen LogP contribution in [0.15, 0.2) is 86.6 Å². The van der Waals surface area contributed by atoms with Gasteiger partial charge in [-0.25, -0.2) is 4.99 Å². The van der Waals surface area contributed by atoms with E-state index < -0.39 is 0 Å². The number of thioether (sulfide) groups is 2. The van der Waals surface area contributed by atoms with Crippen molar-refractivity contribution in [1.82, 2.24) is 4.90 Å². The normalized spacial score (nSPS) is 18.8. The average Bonchev–Trinajstić information content (AvgIpc) is 3.33. The molecule has 5 rings (SSSR count). The van der Waals surface area contributed by atoms with Gasteiger partial charge in [0.2, 0.25) is 0 Å². The summed E-state index contributed by atoms with van der Waals surface area (Å²) in [6.45, 7) is 6.47. The molecule has 178 valence electrons. The molecule has 1 amide bonds. The minimum Gasteiger partial charge on any atom is -0.508 e. The predicted octanol–water partition coefficient (Wildman–Crippen LogP) is 7.00. The second-order valence-corrected chi connectivity index (χ2v) is 11.0. The van der Waals surface area contributed by atoms with Gasteiger partial charge in [0.05, 0.1) is 22.9 Å². The molecule has 7 heteroatoms. The Balaban J connectivity index is 1.59. The van der Waals surface area contributed by atoms with Crippen molar-refractivity contribution in [3.8, 4) is 5.75 Å². The van der Waals surface area contributed by atoms with Crippen LogP contribution in [0, 0.1) is 6.92 Å². The van der Waals surface area contributed by atoms with Crippen molar-refractivity contribution in [3.63, 3.8) is 0 Å². The minimum atomic E-state index is -0.0414. The first-order chi connectivity index (χ1) is 16.8. The molecular formula is C28H27N3O2S2. The quantitative estimate of drug-likeness (QED) is 0.390. The largest absolute Gasteiger partial charge is 0.508 e. The van der Waals surface area contributed by atoms with E-state index in [1.807, 2.05) is 76.3 Å². The van der Waals surface area contributed by atoms with Crippen molar-refractivity contribution in [2.45, 2.75) is 38.1 Å². The third-order valence-corrected chi connectivity index (χ3v) is 8.59. The number of anilines is 1. The first-order valence-corrected chi connectivity index (χ1v) is 13.2. The summed E-state index contributed by atoms with van der Waals surface area (Å²) in [6.07, 6.45) is 0. The Bertz CT molecular complexity index is 1370. The Morgan fingerprint density at radius 2 is 1.71 bits per heavy atom. The number of phenols is 1. The fraction of sp³-hybridized carbons (Fsp3) is 0.214. The number of fused-ring (bicyclic) bond motifs is 1. The lowest BCUT2D eigenvalue weighted by molar-refractivity contribution is -0.122. The highest BCUT2D eigenvalue weighted by Gasteiger charge is 2.39. The van der Waals surface area contributed by atoms with E-state index in [1.54, 1.807) is 22.7 Å². The maximum Gasteiger partial charge on any atom is 0.269 e. The third-order valence-electron chi connectivity index (χ3n) is 6.16. The molecule has 0 bridgehead atoms. The van der Waals surface area contributed by atoms with E-state index in [0.29, 0.717) is 16.6 Å². The van der Waals surface area contributed by atoms with Crippen LogP contribution >= 0.6 is 23.5 Å². The van der Waals surface area contributed by atoms with Crippen molar-refractivity contribution in [1.29, 1.82) is 0 Å². The SMILES string of the molecule is Cc1cc(O)c(C(C)C)cc1N=C1S/C(=C2\Sc3ccccc3N2C)C(=O)N1Cc1ccccc1. The van der Waals surface area contributed by atoms with Crippen LogP contribution in [-0.2, 0) is 11.3 Å². The van der Waals surface area contributed by atoms with E-state index in [-0.39, 0.29) is 17.6 Å². The highest BCUT2D eigenvalue weighted by molar-refractivity contribution is 8.19. The Labute approximate surface area is 214 Å². The fourth-order valence-electron chi connectivity index (χ4n) is 4.21. The van der Waals surface area contributed by atoms with Gasteiger partial charge in [-0.3, -0.25) is 9.69 Å². The van der Waals surface area contributed by atoms with Crippen LogP contribution < -0.4 is 4.90 Å². The summed E-state index contributed by atoms with van der Waals surface area (Å²) in [6, 6.07) is 21.9. The molecule has 1 N–H and O–H groups in total. The van der Waals surface area contributed by atoms with Crippen LogP contribution in [0.1, 0.15) is 36.5 Å². The number of carbonyl (C=O) groups excluding carboxylic acids is 1. The maximum absolute atomic E-state index is 13.8. The van der Waals surface area contributed by atoms with E-state index in [1.165, 1.54) is 11.8 Å². The molecule has 35 heavy (non-hydrogen) atoms. The van der Waals surface area contributed by atoms with Crippen molar-refractivity contribution < 1.29 is 9.90 Å². The van der Waals surface area contributed by atoms with Crippen molar-refractivity contribution in [2.24, 2.45) is 4.99 Å². The zero-order chi connectivity index (χ0) is 24.7. The average molecular weight is 502 g/mol. The standard InChI is InChI=1S/C28H27N3O2S2/c1-17(2)20-15-21(18(3)14-23(20)32)29-28-31(16-19-10-6-5-7-11-19)26(33)25(35-28)27-30(4)22-12-8-9-13-24(22)34-27/h5-15,17,32H,16H2,1-4H3/b27-25-,29-28?. The topological polar surface area (TPSA) is 56.1 Å². The number of phenolic OH excluding ortho intramolecular Hbond substituents is 1. The van der Waals surface area contributed by atoms with Gasteiger partial charge < -0.3 is 10.0 Å². The Kier molecular flexibility index (Phi) is 6.38. The second-order valence-electron chi connectivity index (χ2n) is 8.99. The van der Waals surface area contributed by atoms with Gasteiger partial charge in [-0.1, -0.05) is 68.1 Å². The van der Waals surface area contributed by atoms with E-state index in [4.69, 9.17) is 4.99 Å². The third kappa shape index (κ3) is 4.46. The van der Waals surface area contributed by atoms with Gasteiger partial charge in [-0.2, -0.15) is 0 Å². The molecule has 0 unspecified atom stereocenters. The summed E-state index contributed by atoms with van der Waals surface area (Å²) in [5.41, 5.74) is 4.62. The van der Waals surface area contributed by atoms with E-state index >= 15 is 0 Å². The summed E-state index contributed by atoms with van der Waals surface area (Å²) >= 11 is 3.04. The molecule has 3 aromatic carbocycles. The van der Waals surface area contributed by atoms with Crippen LogP contribution in [0.2, 0.25) is 0 Å². The molecule has 2 heterocycles. The summed E-state index contributed by atoms with van der Waals surface area (Å²) in [4.78, 5) is 24.5. The molecule has 3 aromatic rings. The number of carbonyl (C=O) groups is 1. The first kappa shape index (κ1) is 23.6. The lowest BCUT2D eigenvalue weighted by atomic mass is 9.99. The van der Waals surface area contributed by atoms with Crippen LogP contribution in [0.5, 0.6) is 5.75 Å². The van der Waals surface area contributed by atoms with E-state index in [9.17, 15) is 9.90 Å². The summed E-state index contributed by atoms with van der Waals surface area (Å²) in [5, 5.41) is 12.0. The lowest BCUT2D eigenvalue weighted by Gasteiger charge is -2.17. The number of hydrogen-bond donors (Lipinski definition) is 1. The molecule has 0 atom stereocenters. The van der Waals surface area contributed by atoms with Crippen LogP contribution in [0.4, 0.5) is 11.4 Å². The van der Waals surface area contributed by atoms with Crippen molar-refractivity contribution >= 4 is 46.0 Å². The number of aryl methyl sites for hydroxylation is 1. The van der Waals surface area contributed by atoms with Crippen LogP contribution in [0.3, 0.4) is 0 Å². The number of aliphatic imine (C=N–C) groups is 1. The van der Waals surface area contributed by atoms with Gasteiger partial charge in [-0.15, -0.1) is 0 Å². The molecule has 0 aliphatic carbocycles. The maximum atomic E-state index is 13.8. The monoisotopic (exact) mass is 501 g/mol. The summed E-state index contributed by atoms with van der Waals surface area (Å²) < 4.78 is 0. The lowest BCUT2D eigenvalue weighted by Crippen LogP contribution is -2.29. The van der Waals surface area contributed by atoms with E-state index in [2.05, 4.69) is 17.0 Å². The number of hydrogen-bond acceptors (Lipinski definition) is 6. The number of amidine groups is 1. The van der Waals surface area contributed by atoms with Gasteiger partial charge in [0, 0.05) is 11.9 Å². The minimum absolute atomic E-state index is 0.0414. The zero-order valence-corrected chi connectivity index (χ0v) is 21.8. The van der Waals surface area contributed by atoms with Gasteiger partial charge in [0.1, 0.15) is 10.7 Å². The van der Waals surface area contributed by atoms with E-state index in [0.717, 1.165) is 38.0 Å². The summed E-state index contributed by atoms with van der Waals surface area (Å²) in [7, 11) is 2.00. The highest BCUT2D eigenvalue weighted by Crippen LogP contribution is 2.50. The van der Waals surface area contributed by atoms with Gasteiger partial charge in [0.15, 0.2) is 5.17 Å². The van der Waals surface area contributed by atoms with Gasteiger partial charge in [-0.05, 0) is 65.6 Å². The smallest absolute Gasteiger partial charge is 0.269 e. The van der Waals surface area contributed by atoms with Gasteiger partial charge in [0.25, 0.3) is 5.91 Å². The van der Waals surface area contributed by atoms with Crippen molar-refractivity contribution in [2.75, 3.05) is 11.9 Å². The Hall–Kier alpha value is -3.16. The summed E-state index contributed by atoms with van der Waals surface area (Å²) in [5.74, 6) is 0.398. The number of nitrogens with zero attached hydrogens (tertiary/aromatic N) is 3. The molecule has 2 aliphatic rings. The molecule has 1 saturated heterocycles. The molecule has 0 spiro atoms. The van der Waals surface area contributed by atoms with Crippen LogP contribution in [-0.4, -0.2) is 28.1 Å². The first-order valence-electron chi connectivity index (χ1n) is 11.5. The fourth-order valence-corrected chi connectivity index (χ4v) is 6.54. The number of amides is 1. The number of para-hydroxylation sites is 1. The number of rotatable bonds is 4. The van der Waals surface area contributed by atoms with Crippen LogP contribution in [0.25, 0.3) is 0 Å². The molecule has 2 aliphatic heterocycles. The number of benzene rings is 3. The van der Waals surface area contributed by atoms with Gasteiger partial charge >= 0.3 is 0 Å². The highest BCUT2D eigenvalue weighted by atomic mass is 32.2. The second kappa shape index (κ2) is 9.47. The molecule has 5 nitrogen and oxygen atoms in total. The molecule has 1 fully saturated rings. The number of aromatic hydroxyl groups is 1.